The third-order valence-electron chi connectivity index (χ3n) is 4.85. The molecule has 0 aromatic carbocycles. The highest BCUT2D eigenvalue weighted by Gasteiger charge is 1.96. The Balaban J connectivity index is 0. The summed E-state index contributed by atoms with van der Waals surface area (Å²) < 4.78 is 15.0. The lowest BCUT2D eigenvalue weighted by Gasteiger charge is -2.04. The van der Waals surface area contributed by atoms with Gasteiger partial charge in [0.05, 0.1) is 13.2 Å². The molecule has 0 saturated heterocycles. The molecule has 0 amide bonds. The van der Waals surface area contributed by atoms with E-state index >= 15 is 0 Å². The smallest absolute Gasteiger partial charge is 0.316 e. The van der Waals surface area contributed by atoms with Gasteiger partial charge >= 0.3 is 8.25 Å². The summed E-state index contributed by atoms with van der Waals surface area (Å²) in [6, 6.07) is 0. The van der Waals surface area contributed by atoms with E-state index < -0.39 is 8.25 Å². The molecule has 30 heavy (non-hydrogen) atoms. The Labute approximate surface area is 192 Å². The first kappa shape index (κ1) is 32.6. The number of aliphatic hydroxyl groups is 1. The van der Waals surface area contributed by atoms with Crippen molar-refractivity contribution >= 4 is 20.0 Å². The minimum absolute atomic E-state index is 0.257. The number of hydrogen-bond donors (Lipinski definition) is 2. The summed E-state index contributed by atoms with van der Waals surface area (Å²) in [5.41, 5.74) is 0. The monoisotopic (exact) mass is 469 g/mol. The highest BCUT2D eigenvalue weighted by molar-refractivity contribution is 7.99. The van der Waals surface area contributed by atoms with Crippen LogP contribution in [0.1, 0.15) is 103 Å². The van der Waals surface area contributed by atoms with Gasteiger partial charge in [0.15, 0.2) is 0 Å². The molecule has 2 N–H and O–H groups in total. The molecule has 1 unspecified atom stereocenters. The predicted molar refractivity (Wildman–Crippen MR) is 135 cm³/mol. The summed E-state index contributed by atoms with van der Waals surface area (Å²) in [5, 5.41) is 8.20. The molecule has 0 aliphatic rings. The van der Waals surface area contributed by atoms with Crippen LogP contribution < -0.4 is 0 Å². The molecule has 0 radical (unpaired) electrons. The zero-order chi connectivity index (χ0) is 22.7. The van der Waals surface area contributed by atoms with Gasteiger partial charge in [-0.25, -0.2) is 0 Å². The molecule has 0 fully saturated rings. The molecular weight excluding hydrogens is 417 g/mol. The zero-order valence-corrected chi connectivity index (χ0v) is 22.0. The van der Waals surface area contributed by atoms with Gasteiger partial charge in [-0.15, -0.1) is 0 Å². The Morgan fingerprint density at radius 1 is 0.767 bits per heavy atom. The molecule has 0 aromatic heterocycles. The van der Waals surface area contributed by atoms with Crippen molar-refractivity contribution < 1.29 is 19.1 Å². The van der Waals surface area contributed by atoms with E-state index in [4.69, 9.17) is 10.00 Å². The average Bonchev–Trinajstić information content (AvgIpc) is 2.70. The lowest BCUT2D eigenvalue weighted by atomic mass is 10.0. The Morgan fingerprint density at radius 2 is 1.20 bits per heavy atom. The summed E-state index contributed by atoms with van der Waals surface area (Å²) in [6.07, 6.45) is 20.6. The van der Waals surface area contributed by atoms with Crippen molar-refractivity contribution in [2.75, 3.05) is 45.4 Å². The molecule has 0 spiro atoms. The van der Waals surface area contributed by atoms with E-state index in [1.54, 1.807) is 0 Å². The molecular formula is C23H52NO4PS. The van der Waals surface area contributed by atoms with E-state index in [1.165, 1.54) is 95.6 Å². The molecule has 0 heterocycles. The van der Waals surface area contributed by atoms with E-state index in [0.29, 0.717) is 6.61 Å². The van der Waals surface area contributed by atoms with Gasteiger partial charge in [0.25, 0.3) is 0 Å². The fourth-order valence-electron chi connectivity index (χ4n) is 3.02. The number of nitrogens with zero attached hydrogens (tertiary/aromatic N) is 1. The van der Waals surface area contributed by atoms with Gasteiger partial charge < -0.3 is 19.4 Å². The number of thioether (sulfide) groups is 1. The van der Waals surface area contributed by atoms with E-state index in [2.05, 4.69) is 11.4 Å². The Kier molecular flexibility index (Phi) is 32.0. The van der Waals surface area contributed by atoms with Crippen LogP contribution in [-0.4, -0.2) is 60.3 Å². The lowest BCUT2D eigenvalue weighted by Crippen LogP contribution is -2.15. The molecule has 0 aliphatic heterocycles. The van der Waals surface area contributed by atoms with E-state index in [1.807, 2.05) is 30.8 Å². The first-order valence-corrected chi connectivity index (χ1v) is 14.7. The fourth-order valence-corrected chi connectivity index (χ4v) is 4.27. The second-order valence-electron chi connectivity index (χ2n) is 8.20. The van der Waals surface area contributed by atoms with Gasteiger partial charge in [0.1, 0.15) is 0 Å². The Bertz CT molecular complexity index is 336. The Morgan fingerprint density at radius 3 is 1.57 bits per heavy atom. The first-order chi connectivity index (χ1) is 14.5. The SMILES string of the molecule is CCCCCCCCCCCCCCCCSCCCO[PH](=O)O.CN(C)CCO. The lowest BCUT2D eigenvalue weighted by molar-refractivity contribution is 0.243. The second kappa shape index (κ2) is 29.4. The van der Waals surface area contributed by atoms with Gasteiger partial charge in [-0.05, 0) is 38.4 Å². The topological polar surface area (TPSA) is 70.0 Å². The van der Waals surface area contributed by atoms with Gasteiger partial charge in [0, 0.05) is 6.54 Å². The standard InChI is InChI=1S/C19H41O3PS.C4H11NO/c1-2-3-4-5-6-7-8-9-10-11-12-13-14-15-18-24-19-16-17-22-23(20)21;1-5(2)3-4-6/h23H,2-19H2,1H3,(H,20,21);6H,3-4H2,1-2H3. The van der Waals surface area contributed by atoms with Crippen molar-refractivity contribution in [1.82, 2.24) is 4.90 Å². The van der Waals surface area contributed by atoms with Crippen molar-refractivity contribution in [2.24, 2.45) is 0 Å². The van der Waals surface area contributed by atoms with Crippen LogP contribution in [0.2, 0.25) is 0 Å². The molecule has 0 aromatic rings. The highest BCUT2D eigenvalue weighted by Crippen LogP contribution is 2.16. The summed E-state index contributed by atoms with van der Waals surface area (Å²) in [5.74, 6) is 2.25. The molecule has 7 heteroatoms. The maximum absolute atomic E-state index is 10.3. The molecule has 1 atom stereocenters. The van der Waals surface area contributed by atoms with Crippen LogP contribution in [-0.2, 0) is 9.09 Å². The zero-order valence-electron chi connectivity index (χ0n) is 20.2. The van der Waals surface area contributed by atoms with Gasteiger partial charge in [-0.3, -0.25) is 4.57 Å². The van der Waals surface area contributed by atoms with Crippen molar-refractivity contribution in [2.45, 2.75) is 103 Å². The molecule has 0 bridgehead atoms. The van der Waals surface area contributed by atoms with Crippen molar-refractivity contribution in [1.29, 1.82) is 0 Å². The normalized spacial score (nSPS) is 12.1. The number of likely N-dealkylation sites (N-methyl/N-ethyl adjacent to an activating group) is 1. The molecule has 184 valence electrons. The predicted octanol–water partition coefficient (Wildman–Crippen LogP) is 6.53. The van der Waals surface area contributed by atoms with E-state index in [0.717, 1.165) is 18.7 Å². The van der Waals surface area contributed by atoms with Crippen molar-refractivity contribution in [3.8, 4) is 0 Å². The van der Waals surface area contributed by atoms with Gasteiger partial charge in [-0.1, -0.05) is 90.4 Å². The molecule has 0 saturated carbocycles. The number of hydrogen-bond acceptors (Lipinski definition) is 5. The minimum Gasteiger partial charge on any atom is -0.395 e. The summed E-state index contributed by atoms with van der Waals surface area (Å²) in [4.78, 5) is 10.4. The van der Waals surface area contributed by atoms with Crippen LogP contribution in [0.25, 0.3) is 0 Å². The van der Waals surface area contributed by atoms with Crippen LogP contribution in [0.15, 0.2) is 0 Å². The van der Waals surface area contributed by atoms with E-state index in [9.17, 15) is 4.57 Å². The van der Waals surface area contributed by atoms with Crippen LogP contribution >= 0.6 is 20.0 Å². The van der Waals surface area contributed by atoms with Crippen LogP contribution in [0, 0.1) is 0 Å². The van der Waals surface area contributed by atoms with Gasteiger partial charge in [-0.2, -0.15) is 11.8 Å². The van der Waals surface area contributed by atoms with Crippen LogP contribution in [0.5, 0.6) is 0 Å². The summed E-state index contributed by atoms with van der Waals surface area (Å²) >= 11 is 1.94. The summed E-state index contributed by atoms with van der Waals surface area (Å²) in [6.45, 7) is 3.72. The van der Waals surface area contributed by atoms with Crippen LogP contribution in [0.4, 0.5) is 0 Å². The Hall–Kier alpha value is 0.420. The van der Waals surface area contributed by atoms with Gasteiger partial charge in [0.2, 0.25) is 0 Å². The largest absolute Gasteiger partial charge is 0.395 e. The summed E-state index contributed by atoms with van der Waals surface area (Å²) in [7, 11) is 1.14. The average molecular weight is 470 g/mol. The fraction of sp³-hybridized carbons (Fsp3) is 1.00. The maximum atomic E-state index is 10.3. The quantitative estimate of drug-likeness (QED) is 0.139. The molecule has 5 nitrogen and oxygen atoms in total. The first-order valence-electron chi connectivity index (χ1n) is 12.2. The number of aliphatic hydroxyl groups excluding tert-OH is 1. The van der Waals surface area contributed by atoms with Crippen molar-refractivity contribution in [3.05, 3.63) is 0 Å². The van der Waals surface area contributed by atoms with Crippen molar-refractivity contribution in [3.63, 3.8) is 0 Å². The van der Waals surface area contributed by atoms with Crippen LogP contribution in [0.3, 0.4) is 0 Å². The minimum atomic E-state index is -2.72. The maximum Gasteiger partial charge on any atom is 0.316 e. The van der Waals surface area contributed by atoms with E-state index in [-0.39, 0.29) is 6.61 Å². The third kappa shape index (κ3) is 35.8. The molecule has 0 aliphatic carbocycles. The number of unbranched alkanes of at least 4 members (excludes halogenated alkanes) is 13. The highest BCUT2D eigenvalue weighted by atomic mass is 32.2. The molecule has 0 rings (SSSR count). The second-order valence-corrected chi connectivity index (χ2v) is 10.2. The third-order valence-corrected chi connectivity index (χ3v) is 6.45. The number of rotatable bonds is 22.